The number of aromatic hydroxyl groups is 3. The van der Waals surface area contributed by atoms with Crippen LogP contribution in [0.1, 0.15) is 15.9 Å². The van der Waals surface area contributed by atoms with Gasteiger partial charge in [-0.2, -0.15) is 0 Å². The van der Waals surface area contributed by atoms with Crippen LogP contribution < -0.4 is 9.47 Å². The van der Waals surface area contributed by atoms with E-state index in [1.165, 1.54) is 13.2 Å². The maximum atomic E-state index is 12.6. The Bertz CT molecular complexity index is 751. The fourth-order valence-electron chi connectivity index (χ4n) is 2.66. The van der Waals surface area contributed by atoms with E-state index < -0.39 is 17.4 Å². The van der Waals surface area contributed by atoms with E-state index in [0.29, 0.717) is 6.42 Å². The highest BCUT2D eigenvalue weighted by molar-refractivity contribution is 6.05. The van der Waals surface area contributed by atoms with Gasteiger partial charge in [-0.05, 0) is 24.1 Å². The number of phenols is 3. The first-order valence-electron chi connectivity index (χ1n) is 7.09. The lowest BCUT2D eigenvalue weighted by Crippen LogP contribution is -2.29. The summed E-state index contributed by atoms with van der Waals surface area (Å²) in [7, 11) is 1.35. The molecule has 6 nitrogen and oxygen atoms in total. The predicted molar refractivity (Wildman–Crippen MR) is 81.4 cm³/mol. The molecule has 0 bridgehead atoms. The molecule has 0 saturated heterocycles. The molecule has 0 fully saturated rings. The minimum Gasteiger partial charge on any atom is -0.508 e. The van der Waals surface area contributed by atoms with Gasteiger partial charge < -0.3 is 24.8 Å². The molecule has 3 N–H and O–H groups in total. The third-order valence-electron chi connectivity index (χ3n) is 3.90. The predicted octanol–water partition coefficient (Wildman–Crippen LogP) is 2.25. The maximum absolute atomic E-state index is 12.6. The Hall–Kier alpha value is -2.89. The van der Waals surface area contributed by atoms with Gasteiger partial charge in [0.05, 0.1) is 19.6 Å². The van der Waals surface area contributed by atoms with Crippen molar-refractivity contribution in [2.24, 2.45) is 5.92 Å². The standard InChI is InChI=1S/C17H16O6/c1-22-13-7-12-14(17(21)16(13)20)15(19)10(8-23-12)6-9-2-4-11(18)5-3-9/h2-5,7,10,18,20-21H,6,8H2,1H3. The third kappa shape index (κ3) is 2.63. The second kappa shape index (κ2) is 5.72. The highest BCUT2D eigenvalue weighted by Crippen LogP contribution is 2.46. The first kappa shape index (κ1) is 15.0. The van der Waals surface area contributed by atoms with Crippen molar-refractivity contribution in [3.63, 3.8) is 0 Å². The summed E-state index contributed by atoms with van der Waals surface area (Å²) >= 11 is 0. The van der Waals surface area contributed by atoms with Gasteiger partial charge in [-0.1, -0.05) is 12.1 Å². The molecule has 2 aromatic carbocycles. The summed E-state index contributed by atoms with van der Waals surface area (Å²) in [6.45, 7) is 0.167. The van der Waals surface area contributed by atoms with Crippen LogP contribution in [0.15, 0.2) is 30.3 Å². The lowest BCUT2D eigenvalue weighted by atomic mass is 9.89. The van der Waals surface area contributed by atoms with Crippen molar-refractivity contribution in [1.82, 2.24) is 0 Å². The molecule has 0 saturated carbocycles. The normalized spacial score (nSPS) is 16.6. The lowest BCUT2D eigenvalue weighted by Gasteiger charge is -2.25. The van der Waals surface area contributed by atoms with Gasteiger partial charge in [-0.3, -0.25) is 4.79 Å². The molecular formula is C17H16O6. The maximum Gasteiger partial charge on any atom is 0.201 e. The molecule has 6 heteroatoms. The highest BCUT2D eigenvalue weighted by atomic mass is 16.5. The molecule has 0 aliphatic carbocycles. The molecule has 0 amide bonds. The van der Waals surface area contributed by atoms with Crippen molar-refractivity contribution in [2.75, 3.05) is 13.7 Å². The number of ether oxygens (including phenoxy) is 2. The van der Waals surface area contributed by atoms with Crippen LogP contribution >= 0.6 is 0 Å². The summed E-state index contributed by atoms with van der Waals surface area (Å²) in [6.07, 6.45) is 0.408. The number of benzene rings is 2. The van der Waals surface area contributed by atoms with Gasteiger partial charge >= 0.3 is 0 Å². The van der Waals surface area contributed by atoms with Crippen LogP contribution in [-0.2, 0) is 6.42 Å². The molecule has 0 radical (unpaired) electrons. The SMILES string of the molecule is COc1cc2c(c(O)c1O)C(=O)C(Cc1ccc(O)cc1)CO2. The van der Waals surface area contributed by atoms with Gasteiger partial charge in [0.1, 0.15) is 17.1 Å². The number of rotatable bonds is 3. The number of ketones is 1. The Balaban J connectivity index is 1.91. The summed E-state index contributed by atoms with van der Waals surface area (Å²) in [5.41, 5.74) is 0.837. The number of phenolic OH excluding ortho intramolecular Hbond substituents is 3. The highest BCUT2D eigenvalue weighted by Gasteiger charge is 2.34. The van der Waals surface area contributed by atoms with Gasteiger partial charge in [-0.15, -0.1) is 0 Å². The van der Waals surface area contributed by atoms with Crippen LogP contribution in [0.25, 0.3) is 0 Å². The summed E-state index contributed by atoms with van der Waals surface area (Å²) in [5.74, 6) is -1.39. The second-order valence-corrected chi connectivity index (χ2v) is 5.39. The van der Waals surface area contributed by atoms with Gasteiger partial charge in [0.25, 0.3) is 0 Å². The molecule has 1 atom stereocenters. The molecule has 120 valence electrons. The first-order valence-corrected chi connectivity index (χ1v) is 7.09. The van der Waals surface area contributed by atoms with Crippen molar-refractivity contribution >= 4 is 5.78 Å². The Morgan fingerprint density at radius 1 is 1.17 bits per heavy atom. The average Bonchev–Trinajstić information content (AvgIpc) is 2.55. The third-order valence-corrected chi connectivity index (χ3v) is 3.90. The number of carbonyl (C=O) groups is 1. The van der Waals surface area contributed by atoms with Crippen molar-refractivity contribution in [2.45, 2.75) is 6.42 Å². The number of hydrogen-bond acceptors (Lipinski definition) is 6. The molecular weight excluding hydrogens is 300 g/mol. The number of carbonyl (C=O) groups excluding carboxylic acids is 1. The smallest absolute Gasteiger partial charge is 0.201 e. The summed E-state index contributed by atoms with van der Waals surface area (Å²) in [6, 6.07) is 7.93. The molecule has 1 unspecified atom stereocenters. The van der Waals surface area contributed by atoms with Crippen LogP contribution in [0.2, 0.25) is 0 Å². The van der Waals surface area contributed by atoms with Crippen LogP contribution in [0.5, 0.6) is 28.7 Å². The molecule has 3 rings (SSSR count). The fraction of sp³-hybridized carbons (Fsp3) is 0.235. The van der Waals surface area contributed by atoms with Gasteiger partial charge in [0.2, 0.25) is 5.75 Å². The second-order valence-electron chi connectivity index (χ2n) is 5.39. The largest absolute Gasteiger partial charge is 0.508 e. The minimum atomic E-state index is -0.528. The van der Waals surface area contributed by atoms with E-state index in [1.807, 2.05) is 0 Å². The lowest BCUT2D eigenvalue weighted by molar-refractivity contribution is 0.0824. The Morgan fingerprint density at radius 2 is 1.87 bits per heavy atom. The zero-order valence-electron chi connectivity index (χ0n) is 12.4. The summed E-state index contributed by atoms with van der Waals surface area (Å²) in [5, 5.41) is 29.2. The van der Waals surface area contributed by atoms with Crippen LogP contribution in [0, 0.1) is 5.92 Å². The summed E-state index contributed by atoms with van der Waals surface area (Å²) < 4.78 is 10.5. The van der Waals surface area contributed by atoms with Crippen molar-refractivity contribution in [1.29, 1.82) is 0 Å². The monoisotopic (exact) mass is 316 g/mol. The summed E-state index contributed by atoms with van der Waals surface area (Å²) in [4.78, 5) is 12.6. The van der Waals surface area contributed by atoms with E-state index >= 15 is 0 Å². The molecule has 0 spiro atoms. The van der Waals surface area contributed by atoms with Crippen LogP contribution in [0.4, 0.5) is 0 Å². The fourth-order valence-corrected chi connectivity index (χ4v) is 2.66. The van der Waals surface area contributed by atoms with Gasteiger partial charge in [0, 0.05) is 6.07 Å². The number of fused-ring (bicyclic) bond motifs is 1. The van der Waals surface area contributed by atoms with Crippen molar-refractivity contribution in [3.05, 3.63) is 41.5 Å². The zero-order valence-corrected chi connectivity index (χ0v) is 12.4. The number of methoxy groups -OCH3 is 1. The first-order chi connectivity index (χ1) is 11.0. The van der Waals surface area contributed by atoms with Crippen molar-refractivity contribution in [3.8, 4) is 28.7 Å². The minimum absolute atomic E-state index is 0.0293. The molecule has 0 aromatic heterocycles. The Morgan fingerprint density at radius 3 is 2.52 bits per heavy atom. The quantitative estimate of drug-likeness (QED) is 0.752. The molecule has 1 aliphatic heterocycles. The van der Waals surface area contributed by atoms with Crippen molar-refractivity contribution < 1.29 is 29.6 Å². The topological polar surface area (TPSA) is 96.2 Å². The molecule has 2 aromatic rings. The van der Waals surface area contributed by atoms with E-state index in [-0.39, 0.29) is 35.2 Å². The van der Waals surface area contributed by atoms with Gasteiger partial charge in [0.15, 0.2) is 17.3 Å². The van der Waals surface area contributed by atoms with E-state index in [1.54, 1.807) is 24.3 Å². The Kier molecular flexibility index (Phi) is 3.73. The van der Waals surface area contributed by atoms with E-state index in [2.05, 4.69) is 0 Å². The van der Waals surface area contributed by atoms with E-state index in [0.717, 1.165) is 5.56 Å². The molecule has 1 aliphatic rings. The number of Topliss-reactive ketones (excluding diaryl/α,β-unsaturated/α-hetero) is 1. The van der Waals surface area contributed by atoms with E-state index in [9.17, 15) is 20.1 Å². The average molecular weight is 316 g/mol. The number of hydrogen-bond donors (Lipinski definition) is 3. The molecule has 1 heterocycles. The van der Waals surface area contributed by atoms with E-state index in [4.69, 9.17) is 9.47 Å². The van der Waals surface area contributed by atoms with Gasteiger partial charge in [-0.25, -0.2) is 0 Å². The zero-order chi connectivity index (χ0) is 16.6. The van der Waals surface area contributed by atoms with Crippen LogP contribution in [0.3, 0.4) is 0 Å². The molecule has 23 heavy (non-hydrogen) atoms. The Labute approximate surface area is 132 Å². The van der Waals surface area contributed by atoms with Crippen LogP contribution in [-0.4, -0.2) is 34.8 Å².